The zero-order valence-electron chi connectivity index (χ0n) is 8.07. The second-order valence-electron chi connectivity index (χ2n) is 3.22. The molecule has 0 fully saturated rings. The summed E-state index contributed by atoms with van der Waals surface area (Å²) in [5, 5.41) is 8.93. The van der Waals surface area contributed by atoms with Crippen LogP contribution in [-0.2, 0) is 16.6 Å². The highest BCUT2D eigenvalue weighted by Gasteiger charge is 2.13. The van der Waals surface area contributed by atoms with Crippen LogP contribution in [0.4, 0.5) is 0 Å². The number of nitrogens with one attached hydrogen (secondary N) is 2. The largest absolute Gasteiger partial charge is 0.349 e. The summed E-state index contributed by atoms with van der Waals surface area (Å²) in [7, 11) is -1.72. The van der Waals surface area contributed by atoms with E-state index >= 15 is 0 Å². The molecule has 2 heterocycles. The van der Waals surface area contributed by atoms with Crippen molar-refractivity contribution in [2.24, 2.45) is 5.14 Å². The van der Waals surface area contributed by atoms with E-state index in [1.807, 2.05) is 13.1 Å². The fraction of sp³-hybridized carbons (Fsp3) is 0.250. The van der Waals surface area contributed by atoms with Crippen LogP contribution in [0.15, 0.2) is 16.3 Å². The molecular formula is C8H11N3O2S2. The zero-order chi connectivity index (χ0) is 11.1. The molecule has 0 aromatic carbocycles. The van der Waals surface area contributed by atoms with Crippen molar-refractivity contribution in [3.05, 3.63) is 17.8 Å². The molecule has 4 N–H and O–H groups in total. The molecule has 0 unspecified atom stereocenters. The second-order valence-corrected chi connectivity index (χ2v) is 6.06. The third-order valence-electron chi connectivity index (χ3n) is 1.99. The highest BCUT2D eigenvalue weighted by atomic mass is 32.2. The molecule has 0 saturated carbocycles. The first kappa shape index (κ1) is 10.6. The first-order chi connectivity index (χ1) is 7.00. The summed E-state index contributed by atoms with van der Waals surface area (Å²) >= 11 is 1.15. The third kappa shape index (κ3) is 2.05. The summed E-state index contributed by atoms with van der Waals surface area (Å²) in [6.45, 7) is 0.728. The molecule has 0 saturated heterocycles. The highest BCUT2D eigenvalue weighted by Crippen LogP contribution is 2.28. The maximum Gasteiger partial charge on any atom is 0.247 e. The van der Waals surface area contributed by atoms with Gasteiger partial charge in [0.05, 0.1) is 0 Å². The minimum Gasteiger partial charge on any atom is -0.349 e. The lowest BCUT2D eigenvalue weighted by Crippen LogP contribution is -2.09. The summed E-state index contributed by atoms with van der Waals surface area (Å²) in [6.07, 6.45) is 0. The van der Waals surface area contributed by atoms with E-state index in [1.165, 1.54) is 0 Å². The molecule has 0 radical (unpaired) electrons. The predicted octanol–water partition coefficient (Wildman–Crippen LogP) is 0.596. The second kappa shape index (κ2) is 3.60. The molecule has 0 aliphatic rings. The molecule has 82 valence electrons. The Morgan fingerprint density at radius 3 is 2.80 bits per heavy atom. The zero-order valence-corrected chi connectivity index (χ0v) is 9.71. The van der Waals surface area contributed by atoms with E-state index in [-0.39, 0.29) is 4.21 Å². The molecule has 0 spiro atoms. The number of H-pyrrole nitrogens is 1. The number of aromatic amines is 1. The van der Waals surface area contributed by atoms with Crippen molar-refractivity contribution in [3.8, 4) is 0 Å². The van der Waals surface area contributed by atoms with E-state index in [0.29, 0.717) is 0 Å². The topological polar surface area (TPSA) is 88.0 Å². The average Bonchev–Trinajstić information content (AvgIpc) is 2.59. The predicted molar refractivity (Wildman–Crippen MR) is 60.3 cm³/mol. The van der Waals surface area contributed by atoms with E-state index in [1.54, 1.807) is 6.07 Å². The standard InChI is InChI=1S/C8H11N3O2S2/c1-10-4-6-2-5-3-7(15(9,12)13)14-8(5)11-6/h2-3,10-11H,4H2,1H3,(H2,9,12,13). The van der Waals surface area contributed by atoms with Gasteiger partial charge in [-0.2, -0.15) is 0 Å². The Morgan fingerprint density at radius 1 is 1.53 bits per heavy atom. The van der Waals surface area contributed by atoms with Gasteiger partial charge >= 0.3 is 0 Å². The molecule has 0 atom stereocenters. The monoisotopic (exact) mass is 245 g/mol. The SMILES string of the molecule is CNCc1cc2cc(S(N)(=O)=O)sc2[nH]1. The summed E-state index contributed by atoms with van der Waals surface area (Å²) in [5.74, 6) is 0. The number of hydrogen-bond acceptors (Lipinski definition) is 4. The minimum atomic E-state index is -3.58. The van der Waals surface area contributed by atoms with Gasteiger partial charge in [-0.1, -0.05) is 0 Å². The number of nitrogens with two attached hydrogens (primary N) is 1. The third-order valence-corrected chi connectivity index (χ3v) is 4.48. The van der Waals surface area contributed by atoms with Gasteiger partial charge in [0.25, 0.3) is 0 Å². The first-order valence-electron chi connectivity index (χ1n) is 4.29. The Hall–Kier alpha value is -0.890. The Balaban J connectivity index is 2.47. The Morgan fingerprint density at radius 2 is 2.27 bits per heavy atom. The molecule has 15 heavy (non-hydrogen) atoms. The van der Waals surface area contributed by atoms with E-state index in [4.69, 9.17) is 5.14 Å². The molecule has 2 aromatic heterocycles. The summed E-state index contributed by atoms with van der Waals surface area (Å²) in [4.78, 5) is 3.96. The number of rotatable bonds is 3. The number of aromatic nitrogens is 1. The molecule has 2 aromatic rings. The van der Waals surface area contributed by atoms with Crippen LogP contribution in [0.2, 0.25) is 0 Å². The molecule has 7 heteroatoms. The van der Waals surface area contributed by atoms with E-state index < -0.39 is 10.0 Å². The molecule has 0 aliphatic heterocycles. The lowest BCUT2D eigenvalue weighted by molar-refractivity contribution is 0.600. The average molecular weight is 245 g/mol. The van der Waals surface area contributed by atoms with Gasteiger partial charge in [-0.05, 0) is 19.2 Å². The maximum absolute atomic E-state index is 11.1. The maximum atomic E-state index is 11.1. The number of fused-ring (bicyclic) bond motifs is 1. The highest BCUT2D eigenvalue weighted by molar-refractivity contribution is 7.91. The van der Waals surface area contributed by atoms with Crippen LogP contribution in [-0.4, -0.2) is 20.4 Å². The number of primary sulfonamides is 1. The van der Waals surface area contributed by atoms with Crippen molar-refractivity contribution in [3.63, 3.8) is 0 Å². The van der Waals surface area contributed by atoms with Crippen LogP contribution in [0, 0.1) is 0 Å². The van der Waals surface area contributed by atoms with Crippen molar-refractivity contribution in [2.45, 2.75) is 10.8 Å². The molecule has 0 amide bonds. The summed E-state index contributed by atoms with van der Waals surface area (Å²) in [5.41, 5.74) is 1.03. The van der Waals surface area contributed by atoms with Crippen LogP contribution in [0.1, 0.15) is 5.69 Å². The van der Waals surface area contributed by atoms with Crippen molar-refractivity contribution in [2.75, 3.05) is 7.05 Å². The van der Waals surface area contributed by atoms with Crippen LogP contribution in [0.25, 0.3) is 10.2 Å². The van der Waals surface area contributed by atoms with Crippen molar-refractivity contribution in [1.82, 2.24) is 10.3 Å². The van der Waals surface area contributed by atoms with E-state index in [2.05, 4.69) is 10.3 Å². The summed E-state index contributed by atoms with van der Waals surface area (Å²) in [6, 6.07) is 3.50. The van der Waals surface area contributed by atoms with Crippen LogP contribution >= 0.6 is 11.3 Å². The molecule has 5 nitrogen and oxygen atoms in total. The van der Waals surface area contributed by atoms with Crippen molar-refractivity contribution in [1.29, 1.82) is 0 Å². The van der Waals surface area contributed by atoms with Crippen LogP contribution in [0.5, 0.6) is 0 Å². The lowest BCUT2D eigenvalue weighted by atomic mass is 10.3. The molecule has 2 rings (SSSR count). The normalized spacial score (nSPS) is 12.4. The van der Waals surface area contributed by atoms with Gasteiger partial charge in [-0.3, -0.25) is 0 Å². The van der Waals surface area contributed by atoms with Gasteiger partial charge < -0.3 is 10.3 Å². The number of hydrogen-bond donors (Lipinski definition) is 3. The fourth-order valence-corrected chi connectivity index (χ4v) is 3.19. The fourth-order valence-electron chi connectivity index (χ4n) is 1.38. The number of sulfonamides is 1. The van der Waals surface area contributed by atoms with Crippen LogP contribution in [0.3, 0.4) is 0 Å². The van der Waals surface area contributed by atoms with Gasteiger partial charge in [0.15, 0.2) is 0 Å². The lowest BCUT2D eigenvalue weighted by Gasteiger charge is -1.93. The van der Waals surface area contributed by atoms with Gasteiger partial charge in [0, 0.05) is 17.6 Å². The minimum absolute atomic E-state index is 0.194. The van der Waals surface area contributed by atoms with E-state index in [9.17, 15) is 8.42 Å². The first-order valence-corrected chi connectivity index (χ1v) is 6.66. The van der Waals surface area contributed by atoms with Gasteiger partial charge in [-0.15, -0.1) is 11.3 Å². The number of thiophene rings is 1. The van der Waals surface area contributed by atoms with Gasteiger partial charge in [0.1, 0.15) is 9.04 Å². The Bertz CT molecular complexity index is 551. The molecular weight excluding hydrogens is 234 g/mol. The molecule has 0 aliphatic carbocycles. The quantitative estimate of drug-likeness (QED) is 0.739. The Kier molecular flexibility index (Phi) is 2.55. The van der Waals surface area contributed by atoms with Gasteiger partial charge in [-0.25, -0.2) is 13.6 Å². The van der Waals surface area contributed by atoms with Gasteiger partial charge in [0.2, 0.25) is 10.0 Å². The Labute approximate surface area is 91.3 Å². The molecule has 0 bridgehead atoms. The van der Waals surface area contributed by atoms with Crippen molar-refractivity contribution < 1.29 is 8.42 Å². The van der Waals surface area contributed by atoms with Crippen molar-refractivity contribution >= 4 is 31.6 Å². The van der Waals surface area contributed by atoms with Crippen LogP contribution < -0.4 is 10.5 Å². The van der Waals surface area contributed by atoms with E-state index in [0.717, 1.165) is 33.8 Å². The summed E-state index contributed by atoms with van der Waals surface area (Å²) < 4.78 is 22.3. The smallest absolute Gasteiger partial charge is 0.247 e.